The molecule has 2 rings (SSSR count). The molecule has 0 heterocycles. The molecule has 2 amide bonds. The number of unbranched alkanes of at least 4 members (excludes halogenated alkanes) is 1. The highest BCUT2D eigenvalue weighted by molar-refractivity contribution is 9.10. The van der Waals surface area contributed by atoms with Gasteiger partial charge < -0.3 is 10.2 Å². The molecule has 198 valence electrons. The van der Waals surface area contributed by atoms with E-state index in [0.29, 0.717) is 11.6 Å². The SMILES string of the molecule is CCCCNC(=O)[C@@H](C)N(Cc1ccc(Br)cc1)C(=O)CCCN(c1cc(Cl)ccc1Cl)S(C)(=O)=O. The second-order valence-electron chi connectivity index (χ2n) is 8.50. The molecule has 0 saturated heterocycles. The van der Waals surface area contributed by atoms with E-state index < -0.39 is 16.1 Å². The van der Waals surface area contributed by atoms with Crippen molar-refractivity contribution in [1.82, 2.24) is 10.2 Å². The monoisotopic (exact) mass is 619 g/mol. The molecule has 0 spiro atoms. The predicted octanol–water partition coefficient (Wildman–Crippen LogP) is 5.64. The van der Waals surface area contributed by atoms with Gasteiger partial charge in [0.05, 0.1) is 17.0 Å². The Hall–Kier alpha value is -1.81. The van der Waals surface area contributed by atoms with Crippen LogP contribution in [0.15, 0.2) is 46.9 Å². The largest absolute Gasteiger partial charge is 0.354 e. The van der Waals surface area contributed by atoms with Gasteiger partial charge in [-0.15, -0.1) is 0 Å². The first-order valence-electron chi connectivity index (χ1n) is 11.7. The zero-order valence-electron chi connectivity index (χ0n) is 20.6. The highest BCUT2D eigenvalue weighted by Gasteiger charge is 2.27. The molecule has 1 atom stereocenters. The standard InChI is InChI=1S/C25H32BrCl2N3O4S/c1-4-5-14-29-25(33)18(2)30(17-19-8-10-20(26)11-9-19)24(32)7-6-15-31(36(3,34)35)23-16-21(27)12-13-22(23)28/h8-13,16,18H,4-7,14-15,17H2,1-3H3,(H,29,33)/t18-/m1/s1. The lowest BCUT2D eigenvalue weighted by Gasteiger charge is -2.29. The summed E-state index contributed by atoms with van der Waals surface area (Å²) < 4.78 is 27.0. The zero-order chi connectivity index (χ0) is 26.9. The van der Waals surface area contributed by atoms with E-state index in [-0.39, 0.29) is 48.5 Å². The molecule has 36 heavy (non-hydrogen) atoms. The average molecular weight is 621 g/mol. The van der Waals surface area contributed by atoms with Gasteiger partial charge in [-0.1, -0.05) is 64.6 Å². The van der Waals surface area contributed by atoms with Gasteiger partial charge in [0.15, 0.2) is 0 Å². The van der Waals surface area contributed by atoms with Crippen LogP contribution in [0.4, 0.5) is 5.69 Å². The quantitative estimate of drug-likeness (QED) is 0.294. The van der Waals surface area contributed by atoms with Gasteiger partial charge in [-0.2, -0.15) is 0 Å². The van der Waals surface area contributed by atoms with Crippen molar-refractivity contribution in [2.24, 2.45) is 0 Å². The lowest BCUT2D eigenvalue weighted by atomic mass is 10.1. The fraction of sp³-hybridized carbons (Fsp3) is 0.440. The minimum Gasteiger partial charge on any atom is -0.354 e. The average Bonchev–Trinajstić information content (AvgIpc) is 2.82. The number of benzene rings is 2. The Kier molecular flexibility index (Phi) is 12.0. The van der Waals surface area contributed by atoms with Crippen LogP contribution < -0.4 is 9.62 Å². The molecule has 11 heteroatoms. The van der Waals surface area contributed by atoms with E-state index in [0.717, 1.165) is 33.4 Å². The van der Waals surface area contributed by atoms with Gasteiger partial charge >= 0.3 is 0 Å². The maximum Gasteiger partial charge on any atom is 0.242 e. The molecular formula is C25H32BrCl2N3O4S. The van der Waals surface area contributed by atoms with E-state index in [1.165, 1.54) is 17.0 Å². The van der Waals surface area contributed by atoms with Crippen LogP contribution in [-0.4, -0.2) is 50.5 Å². The third-order valence-electron chi connectivity index (χ3n) is 5.59. The van der Waals surface area contributed by atoms with Crippen LogP contribution in [0.5, 0.6) is 0 Å². The zero-order valence-corrected chi connectivity index (χ0v) is 24.6. The number of rotatable bonds is 13. The molecule has 0 bridgehead atoms. The Morgan fingerprint density at radius 1 is 1.08 bits per heavy atom. The van der Waals surface area contributed by atoms with E-state index in [1.807, 2.05) is 31.2 Å². The van der Waals surface area contributed by atoms with Crippen molar-refractivity contribution in [3.8, 4) is 0 Å². The molecule has 0 aliphatic carbocycles. The molecular weight excluding hydrogens is 589 g/mol. The number of nitrogens with one attached hydrogen (secondary N) is 1. The Balaban J connectivity index is 2.17. The Labute approximate surface area is 232 Å². The molecule has 1 N–H and O–H groups in total. The second kappa shape index (κ2) is 14.2. The normalized spacial score (nSPS) is 12.2. The summed E-state index contributed by atoms with van der Waals surface area (Å²) in [5.74, 6) is -0.473. The van der Waals surface area contributed by atoms with Crippen LogP contribution in [0.1, 0.15) is 45.1 Å². The predicted molar refractivity (Wildman–Crippen MR) is 150 cm³/mol. The molecule has 0 unspecified atom stereocenters. The van der Waals surface area contributed by atoms with Gasteiger partial charge in [-0.05, 0) is 55.7 Å². The van der Waals surface area contributed by atoms with Gasteiger partial charge in [0.25, 0.3) is 0 Å². The van der Waals surface area contributed by atoms with Crippen LogP contribution in [0, 0.1) is 0 Å². The first-order valence-corrected chi connectivity index (χ1v) is 15.1. The van der Waals surface area contributed by atoms with E-state index in [1.54, 1.807) is 13.0 Å². The highest BCUT2D eigenvalue weighted by atomic mass is 79.9. The summed E-state index contributed by atoms with van der Waals surface area (Å²) in [6.45, 7) is 4.57. The van der Waals surface area contributed by atoms with Crippen LogP contribution in [0.2, 0.25) is 10.0 Å². The van der Waals surface area contributed by atoms with E-state index in [4.69, 9.17) is 23.2 Å². The third kappa shape index (κ3) is 9.25. The van der Waals surface area contributed by atoms with E-state index >= 15 is 0 Å². The first kappa shape index (κ1) is 30.4. The summed E-state index contributed by atoms with van der Waals surface area (Å²) in [6.07, 6.45) is 3.16. The van der Waals surface area contributed by atoms with Crippen molar-refractivity contribution in [3.05, 3.63) is 62.5 Å². The fourth-order valence-electron chi connectivity index (χ4n) is 3.56. The van der Waals surface area contributed by atoms with Gasteiger partial charge in [0, 0.05) is 35.6 Å². The summed E-state index contributed by atoms with van der Waals surface area (Å²) in [5, 5.41) is 3.48. The van der Waals surface area contributed by atoms with Crippen LogP contribution in [0.3, 0.4) is 0 Å². The number of hydrogen-bond acceptors (Lipinski definition) is 4. The van der Waals surface area contributed by atoms with Crippen molar-refractivity contribution in [2.75, 3.05) is 23.7 Å². The number of carbonyl (C=O) groups excluding carboxylic acids is 2. The minimum atomic E-state index is -3.67. The van der Waals surface area contributed by atoms with Gasteiger partial charge in [0.1, 0.15) is 6.04 Å². The second-order valence-corrected chi connectivity index (χ2v) is 12.2. The molecule has 0 radical (unpaired) electrons. The van der Waals surface area contributed by atoms with Crippen LogP contribution >= 0.6 is 39.1 Å². The summed E-state index contributed by atoms with van der Waals surface area (Å²) in [4.78, 5) is 27.6. The summed E-state index contributed by atoms with van der Waals surface area (Å²) in [7, 11) is -3.67. The van der Waals surface area contributed by atoms with E-state index in [2.05, 4.69) is 21.2 Å². The number of amides is 2. The number of sulfonamides is 1. The fourth-order valence-corrected chi connectivity index (χ4v) is 5.23. The lowest BCUT2D eigenvalue weighted by molar-refractivity contribution is -0.140. The highest BCUT2D eigenvalue weighted by Crippen LogP contribution is 2.31. The molecule has 0 saturated carbocycles. The number of nitrogens with zero attached hydrogens (tertiary/aromatic N) is 2. The van der Waals surface area contributed by atoms with Crippen molar-refractivity contribution < 1.29 is 18.0 Å². The summed E-state index contributed by atoms with van der Waals surface area (Å²) in [5.41, 5.74) is 1.14. The molecule has 0 aromatic heterocycles. The van der Waals surface area contributed by atoms with Crippen molar-refractivity contribution in [1.29, 1.82) is 0 Å². The van der Waals surface area contributed by atoms with Gasteiger partial charge in [-0.25, -0.2) is 8.42 Å². The van der Waals surface area contributed by atoms with Gasteiger partial charge in [0.2, 0.25) is 21.8 Å². The molecule has 0 aliphatic heterocycles. The Bertz CT molecular complexity index is 1150. The minimum absolute atomic E-state index is 0.0356. The summed E-state index contributed by atoms with van der Waals surface area (Å²) >= 11 is 15.7. The first-order chi connectivity index (χ1) is 16.9. The number of hydrogen-bond donors (Lipinski definition) is 1. The lowest BCUT2D eigenvalue weighted by Crippen LogP contribution is -2.48. The van der Waals surface area contributed by atoms with Crippen molar-refractivity contribution in [2.45, 2.75) is 52.1 Å². The van der Waals surface area contributed by atoms with E-state index in [9.17, 15) is 18.0 Å². The number of carbonyl (C=O) groups is 2. The maximum atomic E-state index is 13.3. The summed E-state index contributed by atoms with van der Waals surface area (Å²) in [6, 6.07) is 11.4. The third-order valence-corrected chi connectivity index (χ3v) is 7.86. The molecule has 7 nitrogen and oxygen atoms in total. The molecule has 2 aromatic carbocycles. The molecule has 0 fully saturated rings. The van der Waals surface area contributed by atoms with Gasteiger partial charge in [-0.3, -0.25) is 13.9 Å². The number of anilines is 1. The van der Waals surface area contributed by atoms with Crippen molar-refractivity contribution in [3.63, 3.8) is 0 Å². The smallest absolute Gasteiger partial charge is 0.242 e. The Morgan fingerprint density at radius 2 is 1.75 bits per heavy atom. The van der Waals surface area contributed by atoms with Crippen molar-refractivity contribution >= 4 is 66.7 Å². The number of halogens is 3. The topological polar surface area (TPSA) is 86.8 Å². The molecule has 2 aromatic rings. The maximum absolute atomic E-state index is 13.3. The van der Waals surface area contributed by atoms with Crippen LogP contribution in [-0.2, 0) is 26.2 Å². The van der Waals surface area contributed by atoms with Crippen LogP contribution in [0.25, 0.3) is 0 Å². The Morgan fingerprint density at radius 3 is 2.36 bits per heavy atom. The molecule has 0 aliphatic rings.